The van der Waals surface area contributed by atoms with Crippen LogP contribution < -0.4 is 9.47 Å². The van der Waals surface area contributed by atoms with Crippen LogP contribution in [0.2, 0.25) is 5.15 Å². The first-order valence-electron chi connectivity index (χ1n) is 12.5. The molecule has 10 heteroatoms. The summed E-state index contributed by atoms with van der Waals surface area (Å²) in [5.74, 6) is 1.10. The molecule has 3 heterocycles. The number of carbonyl (C=O) groups is 1. The molecule has 5 rings (SSSR count). The zero-order valence-corrected chi connectivity index (χ0v) is 22.0. The van der Waals surface area contributed by atoms with Crippen molar-refractivity contribution < 1.29 is 23.0 Å². The zero-order valence-electron chi connectivity index (χ0n) is 21.2. The number of carbonyl (C=O) groups excluding carboxylic acids is 1. The Hall–Kier alpha value is -3.43. The summed E-state index contributed by atoms with van der Waals surface area (Å²) in [4.78, 5) is 15.5. The van der Waals surface area contributed by atoms with Crippen LogP contribution in [-0.4, -0.2) is 65.2 Å². The number of likely N-dealkylation sites (N-methyl/N-ethyl adjacent to an activating group) is 1. The Morgan fingerprint density at radius 2 is 2.16 bits per heavy atom. The van der Waals surface area contributed by atoms with Crippen molar-refractivity contribution in [3.63, 3.8) is 0 Å². The van der Waals surface area contributed by atoms with E-state index in [1.54, 1.807) is 18.2 Å². The first-order chi connectivity index (χ1) is 18.4. The molecule has 4 aromatic rings. The third kappa shape index (κ3) is 5.26. The van der Waals surface area contributed by atoms with Gasteiger partial charge in [-0.2, -0.15) is 5.10 Å². The van der Waals surface area contributed by atoms with Gasteiger partial charge in [-0.15, -0.1) is 0 Å². The number of hydrogen-bond donors (Lipinski definition) is 1. The number of halogens is 3. The summed E-state index contributed by atoms with van der Waals surface area (Å²) in [5, 5.41) is 7.95. The molecule has 0 aliphatic carbocycles. The van der Waals surface area contributed by atoms with Crippen LogP contribution in [0.1, 0.15) is 22.8 Å². The maximum Gasteiger partial charge on any atom is 0.251 e. The molecule has 200 valence electrons. The van der Waals surface area contributed by atoms with Crippen LogP contribution >= 0.6 is 11.6 Å². The summed E-state index contributed by atoms with van der Waals surface area (Å²) in [6, 6.07) is 11.4. The minimum absolute atomic E-state index is 0.0174. The summed E-state index contributed by atoms with van der Waals surface area (Å²) in [7, 11) is 1.61. The second kappa shape index (κ2) is 11.1. The van der Waals surface area contributed by atoms with E-state index >= 15 is 0 Å². The largest absolute Gasteiger partial charge is 0.497 e. The second-order valence-electron chi connectivity index (χ2n) is 9.40. The summed E-state index contributed by atoms with van der Waals surface area (Å²) < 4.78 is 39.3. The van der Waals surface area contributed by atoms with Crippen LogP contribution in [0.3, 0.4) is 0 Å². The van der Waals surface area contributed by atoms with Crippen LogP contribution in [-0.2, 0) is 13.0 Å². The minimum atomic E-state index is -2.41. The molecule has 7 nitrogen and oxygen atoms in total. The van der Waals surface area contributed by atoms with E-state index < -0.39 is 6.43 Å². The molecule has 0 amide bonds. The van der Waals surface area contributed by atoms with Crippen LogP contribution in [0.25, 0.3) is 22.0 Å². The average Bonchev–Trinajstić information content (AvgIpc) is 3.52. The molecule has 0 fully saturated rings. The molecular formula is C28H29ClF2N4O3. The monoisotopic (exact) mass is 542 g/mol. The molecule has 2 aromatic carbocycles. The Bertz CT molecular complexity index is 1450. The third-order valence-electron chi connectivity index (χ3n) is 7.10. The number of nitrogens with one attached hydrogen (secondary N) is 1. The van der Waals surface area contributed by atoms with Crippen LogP contribution in [0.15, 0.2) is 48.8 Å². The first kappa shape index (κ1) is 26.2. The van der Waals surface area contributed by atoms with Crippen molar-refractivity contribution in [1.82, 2.24) is 19.7 Å². The predicted octanol–water partition coefficient (Wildman–Crippen LogP) is 5.71. The number of hydrogen-bond acceptors (Lipinski definition) is 5. The number of alkyl halides is 2. The fourth-order valence-corrected chi connectivity index (χ4v) is 5.23. The Kier molecular flexibility index (Phi) is 7.67. The van der Waals surface area contributed by atoms with Gasteiger partial charge in [0.15, 0.2) is 5.78 Å². The highest BCUT2D eigenvalue weighted by molar-refractivity contribution is 6.32. The second-order valence-corrected chi connectivity index (χ2v) is 9.78. The van der Waals surface area contributed by atoms with E-state index in [4.69, 9.17) is 21.1 Å². The number of methoxy groups -OCH3 is 1. The van der Waals surface area contributed by atoms with Gasteiger partial charge in [-0.1, -0.05) is 30.7 Å². The van der Waals surface area contributed by atoms with Crippen molar-refractivity contribution in [3.8, 4) is 22.6 Å². The van der Waals surface area contributed by atoms with Gasteiger partial charge in [-0.3, -0.25) is 14.8 Å². The molecule has 2 aromatic heterocycles. The van der Waals surface area contributed by atoms with E-state index in [9.17, 15) is 13.6 Å². The van der Waals surface area contributed by atoms with E-state index in [1.807, 2.05) is 54.1 Å². The number of ether oxygens (including phenoxy) is 2. The summed E-state index contributed by atoms with van der Waals surface area (Å²) >= 11 is 6.28. The van der Waals surface area contributed by atoms with Crippen molar-refractivity contribution >= 4 is 28.3 Å². The molecule has 1 atom stereocenters. The lowest BCUT2D eigenvalue weighted by molar-refractivity contribution is 0.0856. The van der Waals surface area contributed by atoms with E-state index in [-0.39, 0.29) is 24.9 Å². The van der Waals surface area contributed by atoms with Crippen molar-refractivity contribution in [2.45, 2.75) is 26.3 Å². The third-order valence-corrected chi connectivity index (χ3v) is 7.39. The van der Waals surface area contributed by atoms with Gasteiger partial charge in [0.25, 0.3) is 6.43 Å². The smallest absolute Gasteiger partial charge is 0.251 e. The van der Waals surface area contributed by atoms with Gasteiger partial charge in [0.1, 0.15) is 16.7 Å². The molecule has 0 radical (unpaired) electrons. The van der Waals surface area contributed by atoms with Gasteiger partial charge < -0.3 is 14.0 Å². The Balaban J connectivity index is 1.49. The van der Waals surface area contributed by atoms with Gasteiger partial charge >= 0.3 is 0 Å². The molecule has 0 saturated heterocycles. The van der Waals surface area contributed by atoms with Crippen molar-refractivity contribution in [1.29, 1.82) is 0 Å². The number of fused-ring (bicyclic) bond motifs is 2. The normalized spacial score (nSPS) is 15.2. The van der Waals surface area contributed by atoms with Crippen molar-refractivity contribution in [2.75, 3.05) is 33.4 Å². The highest BCUT2D eigenvalue weighted by Gasteiger charge is 2.29. The fraction of sp³-hybridized carbons (Fsp3) is 0.357. The average molecular weight is 543 g/mol. The highest BCUT2D eigenvalue weighted by Crippen LogP contribution is 2.35. The maximum absolute atomic E-state index is 13.8. The number of H-pyrrole nitrogens is 1. The van der Waals surface area contributed by atoms with Crippen LogP contribution in [0, 0.1) is 5.92 Å². The number of nitrogens with zero attached hydrogens (tertiary/aromatic N) is 3. The molecule has 0 saturated carbocycles. The summed E-state index contributed by atoms with van der Waals surface area (Å²) in [6.45, 7) is 3.24. The predicted molar refractivity (Wildman–Crippen MR) is 143 cm³/mol. The van der Waals surface area contributed by atoms with Crippen LogP contribution in [0.5, 0.6) is 11.5 Å². The van der Waals surface area contributed by atoms with E-state index in [2.05, 4.69) is 10.2 Å². The number of aromatic nitrogens is 3. The van der Waals surface area contributed by atoms with Gasteiger partial charge in [-0.25, -0.2) is 8.78 Å². The fourth-order valence-electron chi connectivity index (χ4n) is 5.02. The lowest BCUT2D eigenvalue weighted by atomic mass is 9.89. The van der Waals surface area contributed by atoms with E-state index in [1.165, 1.54) is 0 Å². The Labute approximate surface area is 224 Å². The molecular weight excluding hydrogens is 514 g/mol. The maximum atomic E-state index is 13.8. The summed E-state index contributed by atoms with van der Waals surface area (Å²) in [6.07, 6.45) is 1.62. The number of Topliss-reactive ketones (excluding diaryl/α,β-unsaturated/α-hetero) is 1. The highest BCUT2D eigenvalue weighted by atomic mass is 35.5. The van der Waals surface area contributed by atoms with E-state index in [0.29, 0.717) is 42.5 Å². The molecule has 0 bridgehead atoms. The number of ketones is 1. The quantitative estimate of drug-likeness (QED) is 0.260. The van der Waals surface area contributed by atoms with Gasteiger partial charge in [0, 0.05) is 41.3 Å². The lowest BCUT2D eigenvalue weighted by Crippen LogP contribution is -2.31. The van der Waals surface area contributed by atoms with Gasteiger partial charge in [0.05, 0.1) is 32.4 Å². The Morgan fingerprint density at radius 3 is 2.87 bits per heavy atom. The standard InChI is InChI=1S/C28H29ClF2N4O3/c1-3-34(15-26(30)31)8-9-35-14-23(21-6-4-17(12-24(21)35)22-13-32-33-28(22)29)27(36)19-10-18-11-20(37-2)5-7-25(18)38-16-19/h4-7,11-14,19,26H,3,8-10,15-16H2,1-2H3,(H,32,33)/t19-/m0/s1. The molecule has 0 unspecified atom stereocenters. The van der Waals surface area contributed by atoms with Gasteiger partial charge in [0.2, 0.25) is 0 Å². The zero-order chi connectivity index (χ0) is 26.8. The number of benzene rings is 2. The van der Waals surface area contributed by atoms with Gasteiger partial charge in [-0.05, 0) is 48.4 Å². The first-order valence-corrected chi connectivity index (χ1v) is 12.9. The Morgan fingerprint density at radius 1 is 1.32 bits per heavy atom. The molecule has 1 N–H and O–H groups in total. The number of rotatable bonds is 10. The minimum Gasteiger partial charge on any atom is -0.497 e. The lowest BCUT2D eigenvalue weighted by Gasteiger charge is -2.24. The summed E-state index contributed by atoms with van der Waals surface area (Å²) in [5.41, 5.74) is 3.93. The van der Waals surface area contributed by atoms with Crippen molar-refractivity contribution in [2.24, 2.45) is 5.92 Å². The molecule has 38 heavy (non-hydrogen) atoms. The number of aromatic amines is 1. The SMILES string of the molecule is CCN(CCn1cc(C(=O)[C@@H]2COc3ccc(OC)cc3C2)c2ccc(-c3cn[nH]c3Cl)cc21)CC(F)F. The topological polar surface area (TPSA) is 72.4 Å². The molecule has 1 aliphatic rings. The molecule has 0 spiro atoms. The van der Waals surface area contributed by atoms with E-state index in [0.717, 1.165) is 33.3 Å². The molecule has 1 aliphatic heterocycles. The van der Waals surface area contributed by atoms with Crippen LogP contribution in [0.4, 0.5) is 8.78 Å². The van der Waals surface area contributed by atoms with Crippen molar-refractivity contribution in [3.05, 3.63) is 65.1 Å².